The molecule has 2 aliphatic heterocycles. The van der Waals surface area contributed by atoms with E-state index in [0.717, 1.165) is 36.0 Å². The Hall–Kier alpha value is -1.39. The fourth-order valence-corrected chi connectivity index (χ4v) is 4.15. The van der Waals surface area contributed by atoms with Gasteiger partial charge in [0, 0.05) is 19.1 Å². The van der Waals surface area contributed by atoms with E-state index in [4.69, 9.17) is 16.6 Å². The second-order valence-corrected chi connectivity index (χ2v) is 7.00. The molecule has 1 aromatic heterocycles. The van der Waals surface area contributed by atoms with Crippen LogP contribution in [0.5, 0.6) is 0 Å². The first-order valence-electron chi connectivity index (χ1n) is 8.72. The number of piperidine rings is 2. The van der Waals surface area contributed by atoms with Crippen molar-refractivity contribution in [1.82, 2.24) is 14.9 Å². The Morgan fingerprint density at radius 2 is 1.52 bits per heavy atom. The van der Waals surface area contributed by atoms with Gasteiger partial charge in [-0.25, -0.2) is 9.97 Å². The second-order valence-electron chi connectivity index (χ2n) is 6.64. The van der Waals surface area contributed by atoms with Crippen LogP contribution in [0, 0.1) is 0 Å². The van der Waals surface area contributed by atoms with Crippen LogP contribution in [0.1, 0.15) is 32.1 Å². The Bertz CT molecular complexity index is 676. The number of halogens is 1. The molecule has 3 heterocycles. The molecule has 0 radical (unpaired) electrons. The first kappa shape index (κ1) is 15.2. The smallest absolute Gasteiger partial charge is 0.172 e. The maximum atomic E-state index is 6.40. The number of likely N-dealkylation sites (tertiary alicyclic amines) is 1. The van der Waals surface area contributed by atoms with Gasteiger partial charge >= 0.3 is 0 Å². The number of nitrogens with zero attached hydrogens (tertiary/aromatic N) is 4. The third-order valence-electron chi connectivity index (χ3n) is 5.18. The summed E-state index contributed by atoms with van der Waals surface area (Å²) in [6.07, 6.45) is 6.53. The molecule has 23 heavy (non-hydrogen) atoms. The zero-order valence-electron chi connectivity index (χ0n) is 13.4. The van der Waals surface area contributed by atoms with Crippen LogP contribution >= 0.6 is 11.6 Å². The lowest BCUT2D eigenvalue weighted by Gasteiger charge is -2.40. The Labute approximate surface area is 142 Å². The molecule has 0 aliphatic carbocycles. The third-order valence-corrected chi connectivity index (χ3v) is 5.44. The van der Waals surface area contributed by atoms with Crippen LogP contribution in [0.15, 0.2) is 24.3 Å². The molecule has 4 nitrogen and oxygen atoms in total. The second kappa shape index (κ2) is 6.62. The molecule has 0 bridgehead atoms. The van der Waals surface area contributed by atoms with E-state index in [1.54, 1.807) is 0 Å². The Morgan fingerprint density at radius 1 is 0.870 bits per heavy atom. The van der Waals surface area contributed by atoms with E-state index in [9.17, 15) is 0 Å². The van der Waals surface area contributed by atoms with Gasteiger partial charge < -0.3 is 9.80 Å². The largest absolute Gasteiger partial charge is 0.354 e. The summed E-state index contributed by atoms with van der Waals surface area (Å²) in [7, 11) is 0. The van der Waals surface area contributed by atoms with Gasteiger partial charge in [-0.05, 0) is 50.9 Å². The molecule has 1 aromatic carbocycles. The van der Waals surface area contributed by atoms with E-state index in [0.29, 0.717) is 5.15 Å². The van der Waals surface area contributed by atoms with Crippen LogP contribution in [0.25, 0.3) is 11.0 Å². The van der Waals surface area contributed by atoms with Crippen LogP contribution in [-0.2, 0) is 0 Å². The van der Waals surface area contributed by atoms with Crippen LogP contribution in [-0.4, -0.2) is 47.1 Å². The molecule has 0 atom stereocenters. The van der Waals surface area contributed by atoms with Crippen molar-refractivity contribution in [1.29, 1.82) is 0 Å². The molecule has 2 fully saturated rings. The molecule has 0 unspecified atom stereocenters. The summed E-state index contributed by atoms with van der Waals surface area (Å²) in [6.45, 7) is 4.60. The van der Waals surface area contributed by atoms with Gasteiger partial charge in [-0.15, -0.1) is 0 Å². The van der Waals surface area contributed by atoms with Crippen LogP contribution in [0.4, 0.5) is 5.82 Å². The van der Waals surface area contributed by atoms with Crippen LogP contribution in [0.3, 0.4) is 0 Å². The number of hydrogen-bond donors (Lipinski definition) is 0. The first-order valence-corrected chi connectivity index (χ1v) is 9.10. The van der Waals surface area contributed by atoms with Gasteiger partial charge in [-0.3, -0.25) is 0 Å². The number of aromatic nitrogens is 2. The van der Waals surface area contributed by atoms with Gasteiger partial charge in [-0.1, -0.05) is 30.2 Å². The van der Waals surface area contributed by atoms with E-state index >= 15 is 0 Å². The fourth-order valence-electron chi connectivity index (χ4n) is 3.90. The van der Waals surface area contributed by atoms with Gasteiger partial charge in [0.2, 0.25) is 0 Å². The summed E-state index contributed by atoms with van der Waals surface area (Å²) >= 11 is 6.40. The van der Waals surface area contributed by atoms with Crippen molar-refractivity contribution in [3.8, 4) is 0 Å². The first-order chi connectivity index (χ1) is 11.3. The highest BCUT2D eigenvalue weighted by Crippen LogP contribution is 2.29. The minimum Gasteiger partial charge on any atom is -0.354 e. The third kappa shape index (κ3) is 3.15. The van der Waals surface area contributed by atoms with Gasteiger partial charge in [0.25, 0.3) is 0 Å². The molecule has 4 rings (SSSR count). The minimum atomic E-state index is 0.528. The predicted molar refractivity (Wildman–Crippen MR) is 95.2 cm³/mol. The highest BCUT2D eigenvalue weighted by atomic mass is 35.5. The summed E-state index contributed by atoms with van der Waals surface area (Å²) < 4.78 is 0. The fraction of sp³-hybridized carbons (Fsp3) is 0.556. The van der Waals surface area contributed by atoms with Gasteiger partial charge in [0.1, 0.15) is 0 Å². The monoisotopic (exact) mass is 330 g/mol. The van der Waals surface area contributed by atoms with Crippen molar-refractivity contribution in [2.75, 3.05) is 31.1 Å². The average Bonchev–Trinajstić information content (AvgIpc) is 2.62. The Balaban J connectivity index is 1.48. The topological polar surface area (TPSA) is 32.3 Å². The molecule has 5 heteroatoms. The lowest BCUT2D eigenvalue weighted by molar-refractivity contribution is 0.141. The number of benzene rings is 1. The van der Waals surface area contributed by atoms with E-state index in [-0.39, 0.29) is 0 Å². The summed E-state index contributed by atoms with van der Waals surface area (Å²) in [4.78, 5) is 14.3. The quantitative estimate of drug-likeness (QED) is 0.839. The standard InChI is InChI=1S/C18H23ClN4/c19-17-18(21-16-7-3-2-6-15(16)20-17)23-12-8-14(9-13-23)22-10-4-1-5-11-22/h2-3,6-7,14H,1,4-5,8-13H2. The molecular formula is C18H23ClN4. The van der Waals surface area contributed by atoms with E-state index in [1.165, 1.54) is 45.2 Å². The highest BCUT2D eigenvalue weighted by molar-refractivity contribution is 6.32. The summed E-state index contributed by atoms with van der Waals surface area (Å²) in [5, 5.41) is 0.528. The summed E-state index contributed by atoms with van der Waals surface area (Å²) in [5.74, 6) is 0.850. The van der Waals surface area contributed by atoms with Crippen molar-refractivity contribution in [2.24, 2.45) is 0 Å². The average molecular weight is 331 g/mol. The van der Waals surface area contributed by atoms with Crippen LogP contribution < -0.4 is 4.90 Å². The molecule has 0 N–H and O–H groups in total. The number of fused-ring (bicyclic) bond motifs is 1. The molecule has 0 spiro atoms. The molecule has 2 aromatic rings. The van der Waals surface area contributed by atoms with E-state index in [2.05, 4.69) is 14.8 Å². The SMILES string of the molecule is Clc1nc2ccccc2nc1N1CCC(N2CCCCC2)CC1. The number of para-hydroxylation sites is 2. The van der Waals surface area contributed by atoms with E-state index in [1.807, 2.05) is 24.3 Å². The van der Waals surface area contributed by atoms with Gasteiger partial charge in [-0.2, -0.15) is 0 Å². The Kier molecular flexibility index (Phi) is 4.36. The lowest BCUT2D eigenvalue weighted by Crippen LogP contribution is -2.47. The maximum Gasteiger partial charge on any atom is 0.172 e. The number of rotatable bonds is 2. The summed E-state index contributed by atoms with van der Waals surface area (Å²) in [5.41, 5.74) is 1.79. The van der Waals surface area contributed by atoms with Crippen molar-refractivity contribution in [3.63, 3.8) is 0 Å². The predicted octanol–water partition coefficient (Wildman–Crippen LogP) is 3.74. The summed E-state index contributed by atoms with van der Waals surface area (Å²) in [6, 6.07) is 8.66. The van der Waals surface area contributed by atoms with Crippen molar-refractivity contribution in [2.45, 2.75) is 38.1 Å². The maximum absolute atomic E-state index is 6.40. The molecule has 0 amide bonds. The number of anilines is 1. The molecular weight excluding hydrogens is 308 g/mol. The minimum absolute atomic E-state index is 0.528. The molecule has 122 valence electrons. The van der Waals surface area contributed by atoms with Crippen molar-refractivity contribution >= 4 is 28.5 Å². The Morgan fingerprint density at radius 3 is 2.22 bits per heavy atom. The lowest BCUT2D eigenvalue weighted by atomic mass is 10.00. The molecule has 0 saturated carbocycles. The van der Waals surface area contributed by atoms with E-state index < -0.39 is 0 Å². The van der Waals surface area contributed by atoms with Gasteiger partial charge in [0.15, 0.2) is 11.0 Å². The van der Waals surface area contributed by atoms with Crippen LogP contribution in [0.2, 0.25) is 5.15 Å². The van der Waals surface area contributed by atoms with Crippen molar-refractivity contribution < 1.29 is 0 Å². The molecule has 2 saturated heterocycles. The highest BCUT2D eigenvalue weighted by Gasteiger charge is 2.27. The van der Waals surface area contributed by atoms with Crippen molar-refractivity contribution in [3.05, 3.63) is 29.4 Å². The zero-order chi connectivity index (χ0) is 15.6. The normalized spacial score (nSPS) is 21.0. The molecule has 2 aliphatic rings. The zero-order valence-corrected chi connectivity index (χ0v) is 14.2. The number of hydrogen-bond acceptors (Lipinski definition) is 4. The van der Waals surface area contributed by atoms with Gasteiger partial charge in [0.05, 0.1) is 11.0 Å².